The molecule has 4 heteroatoms. The van der Waals surface area contributed by atoms with Gasteiger partial charge in [0.1, 0.15) is 11.6 Å². The van der Waals surface area contributed by atoms with Crippen molar-refractivity contribution in [1.29, 1.82) is 0 Å². The number of hydrogen-bond donors (Lipinski definition) is 0. The molecule has 0 bridgehead atoms. The summed E-state index contributed by atoms with van der Waals surface area (Å²) >= 11 is 0. The highest BCUT2D eigenvalue weighted by Gasteiger charge is 2.21. The lowest BCUT2D eigenvalue weighted by Gasteiger charge is -2.11. The van der Waals surface area contributed by atoms with Crippen molar-refractivity contribution in [3.05, 3.63) is 58.7 Å². The third-order valence-corrected chi connectivity index (χ3v) is 5.46. The van der Waals surface area contributed by atoms with Gasteiger partial charge in [0.05, 0.1) is 5.56 Å². The van der Waals surface area contributed by atoms with Crippen molar-refractivity contribution in [2.24, 2.45) is 0 Å². The van der Waals surface area contributed by atoms with Crippen LogP contribution in [0.2, 0.25) is 0 Å². The molecule has 2 aromatic rings. The molecule has 0 amide bonds. The maximum Gasteiger partial charge on any atom is 0.169 e. The van der Waals surface area contributed by atoms with E-state index in [2.05, 4.69) is 6.92 Å². The molecule has 0 unspecified atom stereocenters. The SMILES string of the molecule is CCCCCCCCCCCCc1ccc(-c2c(F)cc(C)c(F)c2F)c(F)c1. The van der Waals surface area contributed by atoms with Gasteiger partial charge >= 0.3 is 0 Å². The molecule has 0 aromatic heterocycles. The lowest BCUT2D eigenvalue weighted by Crippen LogP contribution is -2.00. The summed E-state index contributed by atoms with van der Waals surface area (Å²) in [6.07, 6.45) is 13.0. The van der Waals surface area contributed by atoms with Crippen LogP contribution in [0.5, 0.6) is 0 Å². The standard InChI is InChI=1S/C25H32F4/c1-3-4-5-6-7-8-9-10-11-12-13-19-14-15-20(21(26)17-19)23-22(27)16-18(2)24(28)25(23)29/h14-17H,3-13H2,1-2H3. The minimum absolute atomic E-state index is 0.137. The Morgan fingerprint density at radius 3 is 1.83 bits per heavy atom. The van der Waals surface area contributed by atoms with Crippen LogP contribution in [0, 0.1) is 30.2 Å². The van der Waals surface area contributed by atoms with Crippen LogP contribution in [0.25, 0.3) is 11.1 Å². The highest BCUT2D eigenvalue weighted by molar-refractivity contribution is 5.66. The van der Waals surface area contributed by atoms with Gasteiger partial charge in [-0.2, -0.15) is 0 Å². The molecular weight excluding hydrogens is 376 g/mol. The lowest BCUT2D eigenvalue weighted by atomic mass is 9.98. The molecule has 0 saturated carbocycles. The second-order valence-corrected chi connectivity index (χ2v) is 7.92. The molecule has 0 fully saturated rings. The fraction of sp³-hybridized carbons (Fsp3) is 0.520. The maximum absolute atomic E-state index is 14.5. The Hall–Kier alpha value is -1.84. The number of halogens is 4. The van der Waals surface area contributed by atoms with Gasteiger partial charge < -0.3 is 0 Å². The first-order valence-corrected chi connectivity index (χ1v) is 10.9. The van der Waals surface area contributed by atoms with Gasteiger partial charge in [-0.3, -0.25) is 0 Å². The van der Waals surface area contributed by atoms with Gasteiger partial charge in [0.2, 0.25) is 0 Å². The van der Waals surface area contributed by atoms with Crippen LogP contribution in [0.3, 0.4) is 0 Å². The van der Waals surface area contributed by atoms with Crippen LogP contribution >= 0.6 is 0 Å². The van der Waals surface area contributed by atoms with Crippen LogP contribution < -0.4 is 0 Å². The summed E-state index contributed by atoms with van der Waals surface area (Å²) in [6.45, 7) is 3.50. The van der Waals surface area contributed by atoms with E-state index < -0.39 is 28.8 Å². The Bertz CT molecular complexity index is 783. The monoisotopic (exact) mass is 408 g/mol. The second-order valence-electron chi connectivity index (χ2n) is 7.92. The Balaban J connectivity index is 1.83. The van der Waals surface area contributed by atoms with E-state index >= 15 is 0 Å². The minimum Gasteiger partial charge on any atom is -0.206 e. The van der Waals surface area contributed by atoms with E-state index in [0.717, 1.165) is 30.9 Å². The molecule has 0 aliphatic rings. The number of hydrogen-bond acceptors (Lipinski definition) is 0. The zero-order valence-electron chi connectivity index (χ0n) is 17.6. The molecule has 0 N–H and O–H groups in total. The molecule has 0 heterocycles. The summed E-state index contributed by atoms with van der Waals surface area (Å²) in [5.41, 5.74) is -0.234. The van der Waals surface area contributed by atoms with Crippen LogP contribution in [-0.4, -0.2) is 0 Å². The summed E-state index contributed by atoms with van der Waals surface area (Å²) in [4.78, 5) is 0. The summed E-state index contributed by atoms with van der Waals surface area (Å²) in [5.74, 6) is -4.17. The molecule has 2 aromatic carbocycles. The molecule has 160 valence electrons. The van der Waals surface area contributed by atoms with Crippen LogP contribution in [0.15, 0.2) is 24.3 Å². The Morgan fingerprint density at radius 1 is 0.655 bits per heavy atom. The normalized spacial score (nSPS) is 11.2. The van der Waals surface area contributed by atoms with Gasteiger partial charge in [-0.25, -0.2) is 17.6 Å². The van der Waals surface area contributed by atoms with E-state index in [1.165, 1.54) is 70.4 Å². The first kappa shape index (κ1) is 23.4. The third kappa shape index (κ3) is 6.87. The molecule has 0 nitrogen and oxygen atoms in total. The molecule has 0 saturated heterocycles. The Kier molecular flexibility index (Phi) is 9.69. The molecule has 2 rings (SSSR count). The zero-order chi connectivity index (χ0) is 21.2. The number of unbranched alkanes of at least 4 members (excludes halogenated alkanes) is 9. The summed E-state index contributed by atoms with van der Waals surface area (Å²) < 4.78 is 56.5. The number of benzene rings is 2. The van der Waals surface area contributed by atoms with Gasteiger partial charge in [-0.15, -0.1) is 0 Å². The number of rotatable bonds is 12. The topological polar surface area (TPSA) is 0 Å². The Labute approximate surface area is 172 Å². The average molecular weight is 409 g/mol. The average Bonchev–Trinajstić information content (AvgIpc) is 2.69. The highest BCUT2D eigenvalue weighted by Crippen LogP contribution is 2.32. The van der Waals surface area contributed by atoms with E-state index in [-0.39, 0.29) is 11.1 Å². The fourth-order valence-corrected chi connectivity index (χ4v) is 3.69. The molecule has 0 spiro atoms. The van der Waals surface area contributed by atoms with Crippen molar-refractivity contribution in [2.75, 3.05) is 0 Å². The molecular formula is C25H32F4. The quantitative estimate of drug-likeness (QED) is 0.187. The minimum atomic E-state index is -1.34. The van der Waals surface area contributed by atoms with Crippen molar-refractivity contribution >= 4 is 0 Å². The summed E-state index contributed by atoms with van der Waals surface area (Å²) in [7, 11) is 0. The molecule has 0 aliphatic heterocycles. The molecule has 0 aliphatic carbocycles. The molecule has 0 radical (unpaired) electrons. The van der Waals surface area contributed by atoms with Gasteiger partial charge in [0, 0.05) is 5.56 Å². The van der Waals surface area contributed by atoms with Gasteiger partial charge in [-0.05, 0) is 43.0 Å². The third-order valence-electron chi connectivity index (χ3n) is 5.46. The van der Waals surface area contributed by atoms with Crippen molar-refractivity contribution in [1.82, 2.24) is 0 Å². The van der Waals surface area contributed by atoms with E-state index in [9.17, 15) is 17.6 Å². The van der Waals surface area contributed by atoms with Gasteiger partial charge in [-0.1, -0.05) is 76.8 Å². The fourth-order valence-electron chi connectivity index (χ4n) is 3.69. The van der Waals surface area contributed by atoms with E-state index in [1.54, 1.807) is 6.07 Å². The number of aryl methyl sites for hydroxylation is 2. The summed E-state index contributed by atoms with van der Waals surface area (Å²) in [5, 5.41) is 0. The van der Waals surface area contributed by atoms with Crippen LogP contribution in [-0.2, 0) is 6.42 Å². The predicted octanol–water partition coefficient (Wildman–Crippen LogP) is 8.68. The smallest absolute Gasteiger partial charge is 0.169 e. The van der Waals surface area contributed by atoms with Crippen molar-refractivity contribution in [3.8, 4) is 11.1 Å². The summed E-state index contributed by atoms with van der Waals surface area (Å²) in [6, 6.07) is 5.21. The van der Waals surface area contributed by atoms with Gasteiger partial charge in [0.25, 0.3) is 0 Å². The lowest BCUT2D eigenvalue weighted by molar-refractivity contribution is 0.492. The van der Waals surface area contributed by atoms with Crippen LogP contribution in [0.4, 0.5) is 17.6 Å². The van der Waals surface area contributed by atoms with Crippen molar-refractivity contribution < 1.29 is 17.6 Å². The second kappa shape index (κ2) is 12.0. The predicted molar refractivity (Wildman–Crippen MR) is 112 cm³/mol. The van der Waals surface area contributed by atoms with Gasteiger partial charge in [0.15, 0.2) is 11.6 Å². The molecule has 0 atom stereocenters. The highest BCUT2D eigenvalue weighted by atomic mass is 19.2. The Morgan fingerprint density at radius 2 is 1.24 bits per heavy atom. The van der Waals surface area contributed by atoms with Crippen molar-refractivity contribution in [3.63, 3.8) is 0 Å². The van der Waals surface area contributed by atoms with E-state index in [4.69, 9.17) is 0 Å². The first-order valence-electron chi connectivity index (χ1n) is 10.9. The van der Waals surface area contributed by atoms with Crippen LogP contribution in [0.1, 0.15) is 82.3 Å². The zero-order valence-corrected chi connectivity index (χ0v) is 17.6. The van der Waals surface area contributed by atoms with Crippen molar-refractivity contribution in [2.45, 2.75) is 84.5 Å². The maximum atomic E-state index is 14.5. The van der Waals surface area contributed by atoms with E-state index in [0.29, 0.717) is 0 Å². The first-order chi connectivity index (χ1) is 14.0. The van der Waals surface area contributed by atoms with E-state index in [1.807, 2.05) is 0 Å². The largest absolute Gasteiger partial charge is 0.206 e. The molecule has 29 heavy (non-hydrogen) atoms.